The largest absolute Gasteiger partial charge is 0.381 e. The van der Waals surface area contributed by atoms with Crippen LogP contribution in [0.15, 0.2) is 18.2 Å². The molecule has 106 valence electrons. The van der Waals surface area contributed by atoms with E-state index in [9.17, 15) is 8.78 Å². The highest BCUT2D eigenvalue weighted by Gasteiger charge is 2.27. The zero-order valence-corrected chi connectivity index (χ0v) is 11.1. The second kappa shape index (κ2) is 6.41. The van der Waals surface area contributed by atoms with Crippen molar-refractivity contribution in [2.45, 2.75) is 24.9 Å². The predicted octanol–water partition coefficient (Wildman–Crippen LogP) is 2.08. The smallest absolute Gasteiger partial charge is 0.128 e. The highest BCUT2D eigenvalue weighted by atomic mass is 19.1. The fraction of sp³-hybridized carbons (Fsp3) is 0.571. The normalized spacial score (nSPS) is 18.8. The molecule has 0 aromatic heterocycles. The highest BCUT2D eigenvalue weighted by molar-refractivity contribution is 5.23. The lowest BCUT2D eigenvalue weighted by Crippen LogP contribution is -2.42. The standard InChI is InChI=1S/C14H20F2N2O/c1-18(11-4-6-19-7-5-11)14(9-17)12-8-10(15)2-3-13(12)16/h2-3,8,11,14H,4-7,9,17H2,1H3. The van der Waals surface area contributed by atoms with Gasteiger partial charge >= 0.3 is 0 Å². The number of hydrogen-bond donors (Lipinski definition) is 1. The van der Waals surface area contributed by atoms with Crippen molar-refractivity contribution in [2.75, 3.05) is 26.8 Å². The maximum Gasteiger partial charge on any atom is 0.128 e. The molecular formula is C14H20F2N2O. The number of hydrogen-bond acceptors (Lipinski definition) is 3. The van der Waals surface area contributed by atoms with E-state index in [-0.39, 0.29) is 12.6 Å². The molecule has 1 fully saturated rings. The van der Waals surface area contributed by atoms with Crippen LogP contribution in [-0.4, -0.2) is 37.7 Å². The Morgan fingerprint density at radius 2 is 2.05 bits per heavy atom. The van der Waals surface area contributed by atoms with Gasteiger partial charge in [0, 0.05) is 37.4 Å². The highest BCUT2D eigenvalue weighted by Crippen LogP contribution is 2.27. The molecule has 5 heteroatoms. The van der Waals surface area contributed by atoms with Gasteiger partial charge in [0.1, 0.15) is 11.6 Å². The quantitative estimate of drug-likeness (QED) is 0.910. The first-order valence-electron chi connectivity index (χ1n) is 6.58. The zero-order chi connectivity index (χ0) is 13.8. The molecule has 3 nitrogen and oxygen atoms in total. The van der Waals surface area contributed by atoms with Crippen molar-refractivity contribution in [2.24, 2.45) is 5.73 Å². The summed E-state index contributed by atoms with van der Waals surface area (Å²) in [5, 5.41) is 0. The fourth-order valence-corrected chi connectivity index (χ4v) is 2.63. The van der Waals surface area contributed by atoms with E-state index in [0.29, 0.717) is 24.8 Å². The van der Waals surface area contributed by atoms with Crippen LogP contribution in [-0.2, 0) is 4.74 Å². The number of ether oxygens (including phenoxy) is 1. The lowest BCUT2D eigenvalue weighted by molar-refractivity contribution is 0.0288. The number of likely N-dealkylation sites (N-methyl/N-ethyl adjacent to an activating group) is 1. The summed E-state index contributed by atoms with van der Waals surface area (Å²) >= 11 is 0. The summed E-state index contributed by atoms with van der Waals surface area (Å²) in [5.74, 6) is -0.842. The van der Waals surface area contributed by atoms with Gasteiger partial charge in [-0.05, 0) is 38.1 Å². The molecular weight excluding hydrogens is 250 g/mol. The number of benzene rings is 1. The van der Waals surface area contributed by atoms with Crippen LogP contribution in [0.3, 0.4) is 0 Å². The Labute approximate surface area is 112 Å². The van der Waals surface area contributed by atoms with E-state index in [0.717, 1.165) is 25.0 Å². The first kappa shape index (κ1) is 14.4. The number of nitrogens with two attached hydrogens (primary N) is 1. The van der Waals surface area contributed by atoms with Crippen LogP contribution >= 0.6 is 0 Å². The molecule has 1 unspecified atom stereocenters. The summed E-state index contributed by atoms with van der Waals surface area (Å²) < 4.78 is 32.5. The number of nitrogens with zero attached hydrogens (tertiary/aromatic N) is 1. The van der Waals surface area contributed by atoms with Gasteiger partial charge < -0.3 is 10.5 Å². The third kappa shape index (κ3) is 3.29. The average molecular weight is 270 g/mol. The van der Waals surface area contributed by atoms with Crippen LogP contribution in [0.4, 0.5) is 8.78 Å². The van der Waals surface area contributed by atoms with Gasteiger partial charge in [0.2, 0.25) is 0 Å². The Hall–Kier alpha value is -1.04. The van der Waals surface area contributed by atoms with Crippen molar-refractivity contribution in [3.8, 4) is 0 Å². The van der Waals surface area contributed by atoms with Crippen LogP contribution in [0.5, 0.6) is 0 Å². The Balaban J connectivity index is 2.20. The van der Waals surface area contributed by atoms with Crippen molar-refractivity contribution in [1.82, 2.24) is 4.90 Å². The van der Waals surface area contributed by atoms with E-state index >= 15 is 0 Å². The Morgan fingerprint density at radius 3 is 2.68 bits per heavy atom. The zero-order valence-electron chi connectivity index (χ0n) is 11.1. The Bertz CT molecular complexity index is 422. The van der Waals surface area contributed by atoms with Crippen molar-refractivity contribution in [1.29, 1.82) is 0 Å². The number of halogens is 2. The SMILES string of the molecule is CN(C1CCOCC1)C(CN)c1cc(F)ccc1F. The second-order valence-corrected chi connectivity index (χ2v) is 4.93. The maximum absolute atomic E-state index is 13.9. The molecule has 0 amide bonds. The molecule has 1 aromatic carbocycles. The van der Waals surface area contributed by atoms with Crippen LogP contribution in [0.2, 0.25) is 0 Å². The third-order valence-electron chi connectivity index (χ3n) is 3.80. The minimum absolute atomic E-state index is 0.258. The van der Waals surface area contributed by atoms with Crippen molar-refractivity contribution < 1.29 is 13.5 Å². The molecule has 1 atom stereocenters. The van der Waals surface area contributed by atoms with Gasteiger partial charge in [-0.15, -0.1) is 0 Å². The molecule has 0 aliphatic carbocycles. The summed E-state index contributed by atoms with van der Waals surface area (Å²) in [4.78, 5) is 2.04. The topological polar surface area (TPSA) is 38.5 Å². The Morgan fingerprint density at radius 1 is 1.37 bits per heavy atom. The second-order valence-electron chi connectivity index (χ2n) is 4.93. The van der Waals surface area contributed by atoms with Gasteiger partial charge in [-0.3, -0.25) is 4.90 Å². The summed E-state index contributed by atoms with van der Waals surface area (Å²) in [6.07, 6.45) is 1.79. The molecule has 19 heavy (non-hydrogen) atoms. The van der Waals surface area contributed by atoms with Crippen LogP contribution in [0.1, 0.15) is 24.4 Å². The monoisotopic (exact) mass is 270 g/mol. The fourth-order valence-electron chi connectivity index (χ4n) is 2.63. The van der Waals surface area contributed by atoms with E-state index < -0.39 is 11.6 Å². The van der Waals surface area contributed by atoms with E-state index in [1.165, 1.54) is 6.07 Å². The minimum Gasteiger partial charge on any atom is -0.381 e. The molecule has 1 aliphatic rings. The average Bonchev–Trinajstić information content (AvgIpc) is 2.44. The van der Waals surface area contributed by atoms with Gasteiger partial charge in [0.05, 0.1) is 0 Å². The third-order valence-corrected chi connectivity index (χ3v) is 3.80. The summed E-state index contributed by atoms with van der Waals surface area (Å²) in [7, 11) is 1.91. The van der Waals surface area contributed by atoms with E-state index in [4.69, 9.17) is 10.5 Å². The molecule has 0 saturated carbocycles. The van der Waals surface area contributed by atoms with E-state index in [1.807, 2.05) is 11.9 Å². The minimum atomic E-state index is -0.435. The number of rotatable bonds is 4. The van der Waals surface area contributed by atoms with Crippen LogP contribution in [0, 0.1) is 11.6 Å². The van der Waals surface area contributed by atoms with Gasteiger partial charge in [0.15, 0.2) is 0 Å². The van der Waals surface area contributed by atoms with Gasteiger partial charge in [-0.1, -0.05) is 0 Å². The van der Waals surface area contributed by atoms with Gasteiger partial charge in [-0.2, -0.15) is 0 Å². The molecule has 2 rings (SSSR count). The van der Waals surface area contributed by atoms with Gasteiger partial charge in [0.25, 0.3) is 0 Å². The predicted molar refractivity (Wildman–Crippen MR) is 69.8 cm³/mol. The van der Waals surface area contributed by atoms with E-state index in [2.05, 4.69) is 0 Å². The van der Waals surface area contributed by atoms with Crippen molar-refractivity contribution >= 4 is 0 Å². The molecule has 0 spiro atoms. The van der Waals surface area contributed by atoms with Crippen LogP contribution < -0.4 is 5.73 Å². The molecule has 1 saturated heterocycles. The Kier molecular flexibility index (Phi) is 4.85. The summed E-state index contributed by atoms with van der Waals surface area (Å²) in [5.41, 5.74) is 6.10. The van der Waals surface area contributed by atoms with E-state index in [1.54, 1.807) is 0 Å². The molecule has 2 N–H and O–H groups in total. The first-order chi connectivity index (χ1) is 9.13. The molecule has 1 heterocycles. The van der Waals surface area contributed by atoms with Crippen molar-refractivity contribution in [3.05, 3.63) is 35.4 Å². The summed E-state index contributed by atoms with van der Waals surface area (Å²) in [6, 6.07) is 3.51. The van der Waals surface area contributed by atoms with Crippen molar-refractivity contribution in [3.63, 3.8) is 0 Å². The molecule has 1 aromatic rings. The lowest BCUT2D eigenvalue weighted by atomic mass is 10.00. The maximum atomic E-state index is 13.9. The van der Waals surface area contributed by atoms with Gasteiger partial charge in [-0.25, -0.2) is 8.78 Å². The molecule has 1 aliphatic heterocycles. The van der Waals surface area contributed by atoms with Crippen LogP contribution in [0.25, 0.3) is 0 Å². The molecule has 0 bridgehead atoms. The summed E-state index contributed by atoms with van der Waals surface area (Å²) in [6.45, 7) is 1.67. The first-order valence-corrected chi connectivity index (χ1v) is 6.58. The lowest BCUT2D eigenvalue weighted by Gasteiger charge is -2.37. The molecule has 0 radical (unpaired) electrons.